The molecule has 0 saturated carbocycles. The van der Waals surface area contributed by atoms with Crippen molar-refractivity contribution in [3.8, 4) is 0 Å². The largest absolute Gasteiger partial charge is 0.399 e. The number of allylic oxidation sites excluding steroid dienone is 3. The van der Waals surface area contributed by atoms with Gasteiger partial charge in [0.15, 0.2) is 0 Å². The van der Waals surface area contributed by atoms with Crippen LogP contribution in [0.1, 0.15) is 27.2 Å². The summed E-state index contributed by atoms with van der Waals surface area (Å²) in [6.07, 6.45) is 5.34. The van der Waals surface area contributed by atoms with Crippen LogP contribution < -0.4 is 5.73 Å². The SMILES string of the molecule is CC(C)C1=CC(N)=CCC1C. The van der Waals surface area contributed by atoms with Gasteiger partial charge >= 0.3 is 0 Å². The molecule has 1 aliphatic carbocycles. The van der Waals surface area contributed by atoms with E-state index in [2.05, 4.69) is 32.9 Å². The number of hydrogen-bond acceptors (Lipinski definition) is 1. The van der Waals surface area contributed by atoms with Crippen molar-refractivity contribution in [3.63, 3.8) is 0 Å². The van der Waals surface area contributed by atoms with Crippen molar-refractivity contribution in [2.24, 2.45) is 17.6 Å². The van der Waals surface area contributed by atoms with Crippen LogP contribution in [-0.2, 0) is 0 Å². The molecule has 1 nitrogen and oxygen atoms in total. The summed E-state index contributed by atoms with van der Waals surface area (Å²) in [7, 11) is 0. The van der Waals surface area contributed by atoms with Crippen molar-refractivity contribution in [3.05, 3.63) is 23.4 Å². The Bertz CT molecular complexity index is 199. The Morgan fingerprint density at radius 1 is 1.55 bits per heavy atom. The summed E-state index contributed by atoms with van der Waals surface area (Å²) in [5.41, 5.74) is 8.14. The summed E-state index contributed by atoms with van der Waals surface area (Å²) in [5.74, 6) is 1.32. The molecule has 0 aromatic heterocycles. The molecule has 0 heterocycles. The lowest BCUT2D eigenvalue weighted by molar-refractivity contribution is 0.579. The van der Waals surface area contributed by atoms with Crippen LogP contribution >= 0.6 is 0 Å². The predicted molar refractivity (Wildman–Crippen MR) is 49.0 cm³/mol. The maximum atomic E-state index is 5.71. The Morgan fingerprint density at radius 2 is 2.18 bits per heavy atom. The maximum Gasteiger partial charge on any atom is 0.0273 e. The van der Waals surface area contributed by atoms with Crippen LogP contribution in [0.3, 0.4) is 0 Å². The van der Waals surface area contributed by atoms with Gasteiger partial charge in [0.25, 0.3) is 0 Å². The Labute approximate surface area is 69.0 Å². The molecular formula is C10H17N. The van der Waals surface area contributed by atoms with E-state index in [1.807, 2.05) is 0 Å². The normalized spacial score (nSPS) is 24.9. The Kier molecular flexibility index (Phi) is 2.38. The molecule has 0 spiro atoms. The molecule has 1 aliphatic rings. The van der Waals surface area contributed by atoms with Crippen LogP contribution in [0.2, 0.25) is 0 Å². The van der Waals surface area contributed by atoms with E-state index in [0.29, 0.717) is 11.8 Å². The minimum absolute atomic E-state index is 0.636. The van der Waals surface area contributed by atoms with Gasteiger partial charge in [0, 0.05) is 5.70 Å². The third-order valence-corrected chi connectivity index (χ3v) is 2.28. The average Bonchev–Trinajstić information content (AvgIpc) is 1.94. The zero-order chi connectivity index (χ0) is 8.43. The third-order valence-electron chi connectivity index (χ3n) is 2.28. The van der Waals surface area contributed by atoms with E-state index in [9.17, 15) is 0 Å². The minimum atomic E-state index is 0.636. The lowest BCUT2D eigenvalue weighted by Crippen LogP contribution is -2.11. The molecule has 0 amide bonds. The monoisotopic (exact) mass is 151 g/mol. The highest BCUT2D eigenvalue weighted by molar-refractivity contribution is 5.28. The van der Waals surface area contributed by atoms with Crippen LogP contribution in [0.15, 0.2) is 23.4 Å². The molecule has 1 atom stereocenters. The predicted octanol–water partition coefficient (Wildman–Crippen LogP) is 2.45. The van der Waals surface area contributed by atoms with Gasteiger partial charge in [-0.3, -0.25) is 0 Å². The molecule has 1 unspecified atom stereocenters. The highest BCUT2D eigenvalue weighted by Gasteiger charge is 2.14. The fourth-order valence-electron chi connectivity index (χ4n) is 1.58. The average molecular weight is 151 g/mol. The fourth-order valence-corrected chi connectivity index (χ4v) is 1.58. The summed E-state index contributed by atoms with van der Waals surface area (Å²) in [6.45, 7) is 6.70. The van der Waals surface area contributed by atoms with E-state index >= 15 is 0 Å². The quantitative estimate of drug-likeness (QED) is 0.612. The lowest BCUT2D eigenvalue weighted by atomic mass is 9.85. The van der Waals surface area contributed by atoms with Crippen molar-refractivity contribution in [2.45, 2.75) is 27.2 Å². The second-order valence-electron chi connectivity index (χ2n) is 3.64. The molecule has 0 aliphatic heterocycles. The van der Waals surface area contributed by atoms with Gasteiger partial charge in [0.1, 0.15) is 0 Å². The van der Waals surface area contributed by atoms with Crippen molar-refractivity contribution in [1.29, 1.82) is 0 Å². The summed E-state index contributed by atoms with van der Waals surface area (Å²) < 4.78 is 0. The van der Waals surface area contributed by atoms with E-state index in [4.69, 9.17) is 5.73 Å². The Balaban J connectivity index is 2.81. The van der Waals surface area contributed by atoms with Gasteiger partial charge in [0.05, 0.1) is 0 Å². The molecule has 62 valence electrons. The molecule has 0 aromatic carbocycles. The van der Waals surface area contributed by atoms with Crippen LogP contribution in [0, 0.1) is 11.8 Å². The number of rotatable bonds is 1. The summed E-state index contributed by atoms with van der Waals surface area (Å²) >= 11 is 0. The van der Waals surface area contributed by atoms with Gasteiger partial charge in [0.2, 0.25) is 0 Å². The molecule has 1 rings (SSSR count). The first kappa shape index (κ1) is 8.38. The van der Waals surface area contributed by atoms with Crippen molar-refractivity contribution < 1.29 is 0 Å². The molecule has 0 radical (unpaired) electrons. The van der Waals surface area contributed by atoms with Crippen molar-refractivity contribution in [1.82, 2.24) is 0 Å². The highest BCUT2D eigenvalue weighted by Crippen LogP contribution is 2.27. The molecule has 1 heteroatoms. The minimum Gasteiger partial charge on any atom is -0.399 e. The van der Waals surface area contributed by atoms with E-state index in [1.165, 1.54) is 5.57 Å². The van der Waals surface area contributed by atoms with E-state index in [1.54, 1.807) is 0 Å². The summed E-state index contributed by atoms with van der Waals surface area (Å²) in [6, 6.07) is 0. The first-order chi connectivity index (χ1) is 5.11. The van der Waals surface area contributed by atoms with Gasteiger partial charge in [-0.25, -0.2) is 0 Å². The zero-order valence-electron chi connectivity index (χ0n) is 7.59. The first-order valence-electron chi connectivity index (χ1n) is 4.28. The molecule has 0 bridgehead atoms. The van der Waals surface area contributed by atoms with E-state index in [0.717, 1.165) is 12.1 Å². The third kappa shape index (κ3) is 1.86. The number of hydrogen-bond donors (Lipinski definition) is 1. The molecule has 2 N–H and O–H groups in total. The Morgan fingerprint density at radius 3 is 2.64 bits per heavy atom. The summed E-state index contributed by atoms with van der Waals surface area (Å²) in [4.78, 5) is 0. The standard InChI is InChI=1S/C10H17N/c1-7(2)10-6-9(11)5-4-8(10)3/h5-8H,4,11H2,1-3H3. The van der Waals surface area contributed by atoms with Gasteiger partial charge in [-0.15, -0.1) is 0 Å². The van der Waals surface area contributed by atoms with Crippen LogP contribution in [0.4, 0.5) is 0 Å². The fraction of sp³-hybridized carbons (Fsp3) is 0.600. The second-order valence-corrected chi connectivity index (χ2v) is 3.64. The molecule has 0 aromatic rings. The first-order valence-corrected chi connectivity index (χ1v) is 4.28. The Hall–Kier alpha value is -0.720. The second kappa shape index (κ2) is 3.12. The van der Waals surface area contributed by atoms with Crippen LogP contribution in [-0.4, -0.2) is 0 Å². The topological polar surface area (TPSA) is 26.0 Å². The van der Waals surface area contributed by atoms with Gasteiger partial charge in [-0.05, 0) is 24.3 Å². The van der Waals surface area contributed by atoms with Crippen LogP contribution in [0.25, 0.3) is 0 Å². The zero-order valence-corrected chi connectivity index (χ0v) is 7.59. The lowest BCUT2D eigenvalue weighted by Gasteiger charge is -2.21. The highest BCUT2D eigenvalue weighted by atomic mass is 14.6. The summed E-state index contributed by atoms with van der Waals surface area (Å²) in [5, 5.41) is 0. The molecule has 0 fully saturated rings. The number of nitrogens with two attached hydrogens (primary N) is 1. The van der Waals surface area contributed by atoms with Gasteiger partial charge in [-0.1, -0.05) is 32.4 Å². The molecular weight excluding hydrogens is 134 g/mol. The van der Waals surface area contributed by atoms with E-state index < -0.39 is 0 Å². The van der Waals surface area contributed by atoms with Gasteiger partial charge < -0.3 is 5.73 Å². The smallest absolute Gasteiger partial charge is 0.0273 e. The van der Waals surface area contributed by atoms with Gasteiger partial charge in [-0.2, -0.15) is 0 Å². The van der Waals surface area contributed by atoms with Crippen molar-refractivity contribution in [2.75, 3.05) is 0 Å². The van der Waals surface area contributed by atoms with Crippen LogP contribution in [0.5, 0.6) is 0 Å². The van der Waals surface area contributed by atoms with E-state index in [-0.39, 0.29) is 0 Å². The maximum absolute atomic E-state index is 5.71. The molecule has 0 saturated heterocycles. The molecule has 11 heavy (non-hydrogen) atoms. The van der Waals surface area contributed by atoms with Crippen molar-refractivity contribution >= 4 is 0 Å².